The summed E-state index contributed by atoms with van der Waals surface area (Å²) in [5.74, 6) is 1.83. The predicted molar refractivity (Wildman–Crippen MR) is 59.2 cm³/mol. The molecule has 2 aliphatic rings. The quantitative estimate of drug-likeness (QED) is 0.702. The van der Waals surface area contributed by atoms with E-state index in [1.54, 1.807) is 0 Å². The Balaban J connectivity index is 1.90. The highest BCUT2D eigenvalue weighted by Crippen LogP contribution is 2.49. The molecule has 2 rings (SSSR count). The molecule has 2 N–H and O–H groups in total. The van der Waals surface area contributed by atoms with Gasteiger partial charge in [0.15, 0.2) is 0 Å². The zero-order valence-corrected chi connectivity index (χ0v) is 9.83. The Morgan fingerprint density at radius 2 is 1.79 bits per heavy atom. The van der Waals surface area contributed by atoms with Crippen LogP contribution in [0.4, 0.5) is 0 Å². The van der Waals surface area contributed by atoms with Crippen molar-refractivity contribution in [1.29, 1.82) is 0 Å². The van der Waals surface area contributed by atoms with Gasteiger partial charge in [-0.2, -0.15) is 0 Å². The lowest BCUT2D eigenvalue weighted by molar-refractivity contribution is 0.129. The minimum Gasteiger partial charge on any atom is -0.329 e. The van der Waals surface area contributed by atoms with Crippen molar-refractivity contribution in [3.63, 3.8) is 0 Å². The predicted octanol–water partition coefficient (Wildman–Crippen LogP) is 0.216. The third-order valence-corrected chi connectivity index (χ3v) is 4.10. The third-order valence-electron chi connectivity index (χ3n) is 4.10. The number of rotatable bonds is 3. The summed E-state index contributed by atoms with van der Waals surface area (Å²) in [7, 11) is 4.39. The number of likely N-dealkylation sites (tertiary alicyclic amines) is 1. The van der Waals surface area contributed by atoms with Gasteiger partial charge in [-0.25, -0.2) is 0 Å². The molecule has 14 heavy (non-hydrogen) atoms. The van der Waals surface area contributed by atoms with E-state index in [1.807, 2.05) is 0 Å². The summed E-state index contributed by atoms with van der Waals surface area (Å²) < 4.78 is 0. The molecule has 0 radical (unpaired) electrons. The van der Waals surface area contributed by atoms with Gasteiger partial charge in [0.05, 0.1) is 0 Å². The molecule has 2 fully saturated rings. The Morgan fingerprint density at radius 3 is 2.14 bits per heavy atom. The van der Waals surface area contributed by atoms with E-state index in [0.717, 1.165) is 24.4 Å². The van der Waals surface area contributed by atoms with Crippen molar-refractivity contribution in [2.45, 2.75) is 25.4 Å². The van der Waals surface area contributed by atoms with Gasteiger partial charge in [-0.15, -0.1) is 0 Å². The zero-order valence-electron chi connectivity index (χ0n) is 9.83. The largest absolute Gasteiger partial charge is 0.329 e. The van der Waals surface area contributed by atoms with Crippen LogP contribution in [0.5, 0.6) is 0 Å². The highest BCUT2D eigenvalue weighted by atomic mass is 15.3. The van der Waals surface area contributed by atoms with Gasteiger partial charge in [-0.3, -0.25) is 4.90 Å². The van der Waals surface area contributed by atoms with Crippen molar-refractivity contribution in [1.82, 2.24) is 9.80 Å². The lowest BCUT2D eigenvalue weighted by atomic mass is 10.0. The van der Waals surface area contributed by atoms with Gasteiger partial charge in [-0.1, -0.05) is 0 Å². The van der Waals surface area contributed by atoms with Crippen LogP contribution in [0, 0.1) is 11.8 Å². The van der Waals surface area contributed by atoms with Crippen LogP contribution >= 0.6 is 0 Å². The van der Waals surface area contributed by atoms with Gasteiger partial charge >= 0.3 is 0 Å². The first kappa shape index (κ1) is 10.4. The first-order chi connectivity index (χ1) is 6.47. The maximum absolute atomic E-state index is 5.79. The topological polar surface area (TPSA) is 32.5 Å². The molecule has 0 bridgehead atoms. The van der Waals surface area contributed by atoms with Crippen LogP contribution in [0.2, 0.25) is 0 Å². The molecule has 1 aliphatic heterocycles. The van der Waals surface area contributed by atoms with Crippen LogP contribution in [0.25, 0.3) is 0 Å². The van der Waals surface area contributed by atoms with Gasteiger partial charge in [0, 0.05) is 31.2 Å². The number of fused-ring (bicyclic) bond motifs is 1. The van der Waals surface area contributed by atoms with Crippen molar-refractivity contribution >= 4 is 0 Å². The molecule has 0 aromatic heterocycles. The molecular weight excluding hydrogens is 174 g/mol. The number of hydrogen-bond donors (Lipinski definition) is 1. The van der Waals surface area contributed by atoms with Crippen molar-refractivity contribution < 1.29 is 0 Å². The Bertz CT molecular complexity index is 213. The molecule has 0 aromatic carbocycles. The third kappa shape index (κ3) is 1.47. The Labute approximate surface area is 87.2 Å². The second-order valence-electron chi connectivity index (χ2n) is 5.70. The average Bonchev–Trinajstić information content (AvgIpc) is 2.62. The minimum atomic E-state index is 0.199. The molecule has 3 heteroatoms. The van der Waals surface area contributed by atoms with Gasteiger partial charge < -0.3 is 10.6 Å². The fraction of sp³-hybridized carbons (Fsp3) is 1.00. The lowest BCUT2D eigenvalue weighted by Crippen LogP contribution is -2.50. The van der Waals surface area contributed by atoms with E-state index in [4.69, 9.17) is 5.73 Å². The van der Waals surface area contributed by atoms with Crippen molar-refractivity contribution in [2.75, 3.05) is 33.7 Å². The monoisotopic (exact) mass is 197 g/mol. The molecule has 1 saturated heterocycles. The fourth-order valence-electron chi connectivity index (χ4n) is 2.88. The van der Waals surface area contributed by atoms with E-state index in [2.05, 4.69) is 37.7 Å². The average molecular weight is 197 g/mol. The number of hydrogen-bond acceptors (Lipinski definition) is 3. The Morgan fingerprint density at radius 1 is 1.29 bits per heavy atom. The summed E-state index contributed by atoms with van der Waals surface area (Å²) >= 11 is 0. The van der Waals surface area contributed by atoms with Gasteiger partial charge in [0.1, 0.15) is 0 Å². The van der Waals surface area contributed by atoms with Crippen LogP contribution in [0.3, 0.4) is 0 Å². The molecule has 82 valence electrons. The SMILES string of the molecule is CN(C)C1C2CN(C(C)(C)CN)CC21. The summed E-state index contributed by atoms with van der Waals surface area (Å²) in [4.78, 5) is 4.93. The molecule has 2 atom stereocenters. The van der Waals surface area contributed by atoms with Crippen LogP contribution < -0.4 is 5.73 Å². The standard InChI is InChI=1S/C11H23N3/c1-11(2,7-12)14-5-8-9(6-14)10(8)13(3)4/h8-10H,5-7,12H2,1-4H3. The van der Waals surface area contributed by atoms with Crippen LogP contribution in [-0.4, -0.2) is 55.1 Å². The van der Waals surface area contributed by atoms with Crippen LogP contribution in [0.15, 0.2) is 0 Å². The highest BCUT2D eigenvalue weighted by Gasteiger charge is 2.58. The van der Waals surface area contributed by atoms with Crippen LogP contribution in [-0.2, 0) is 0 Å². The van der Waals surface area contributed by atoms with Crippen molar-refractivity contribution in [3.05, 3.63) is 0 Å². The number of nitrogens with two attached hydrogens (primary N) is 1. The summed E-state index contributed by atoms with van der Waals surface area (Å²) in [6, 6.07) is 0.847. The highest BCUT2D eigenvalue weighted by molar-refractivity contribution is 5.12. The molecule has 0 spiro atoms. The first-order valence-electron chi connectivity index (χ1n) is 5.59. The molecule has 2 unspecified atom stereocenters. The van der Waals surface area contributed by atoms with Crippen LogP contribution in [0.1, 0.15) is 13.8 Å². The molecule has 0 aromatic rings. The molecular formula is C11H23N3. The van der Waals surface area contributed by atoms with E-state index in [1.165, 1.54) is 13.1 Å². The summed E-state index contributed by atoms with van der Waals surface area (Å²) in [6.45, 7) is 7.76. The van der Waals surface area contributed by atoms with Gasteiger partial charge in [0.25, 0.3) is 0 Å². The second kappa shape index (κ2) is 3.19. The molecule has 3 nitrogen and oxygen atoms in total. The van der Waals surface area contributed by atoms with E-state index in [9.17, 15) is 0 Å². The number of piperidine rings is 1. The van der Waals surface area contributed by atoms with Gasteiger partial charge in [0.2, 0.25) is 0 Å². The van der Waals surface area contributed by atoms with E-state index in [-0.39, 0.29) is 5.54 Å². The summed E-state index contributed by atoms with van der Waals surface area (Å²) in [6.07, 6.45) is 0. The fourth-order valence-corrected chi connectivity index (χ4v) is 2.88. The van der Waals surface area contributed by atoms with Crippen molar-refractivity contribution in [3.8, 4) is 0 Å². The zero-order chi connectivity index (χ0) is 10.5. The van der Waals surface area contributed by atoms with Gasteiger partial charge in [-0.05, 0) is 39.8 Å². The van der Waals surface area contributed by atoms with E-state index in [0.29, 0.717) is 0 Å². The molecule has 0 amide bonds. The lowest BCUT2D eigenvalue weighted by Gasteiger charge is -2.36. The van der Waals surface area contributed by atoms with E-state index >= 15 is 0 Å². The number of nitrogens with zero attached hydrogens (tertiary/aromatic N) is 2. The smallest absolute Gasteiger partial charge is 0.0275 e. The molecule has 1 saturated carbocycles. The minimum absolute atomic E-state index is 0.199. The second-order valence-corrected chi connectivity index (χ2v) is 5.70. The molecule has 1 heterocycles. The maximum atomic E-state index is 5.79. The van der Waals surface area contributed by atoms with Crippen molar-refractivity contribution in [2.24, 2.45) is 17.6 Å². The maximum Gasteiger partial charge on any atom is 0.0275 e. The Kier molecular flexibility index (Phi) is 2.37. The normalized spacial score (nSPS) is 37.7. The Hall–Kier alpha value is -0.120. The van der Waals surface area contributed by atoms with E-state index < -0.39 is 0 Å². The summed E-state index contributed by atoms with van der Waals surface area (Å²) in [5.41, 5.74) is 5.99. The first-order valence-corrected chi connectivity index (χ1v) is 5.59. The molecule has 1 aliphatic carbocycles. The summed E-state index contributed by atoms with van der Waals surface area (Å²) in [5, 5.41) is 0.